The fourth-order valence-corrected chi connectivity index (χ4v) is 2.80. The molecule has 2 unspecified atom stereocenters. The standard InChI is InChI=1S/C13H23N3/c1-4-12(10(2)3)16-9-15-8-13(16)11-5-6-14-7-11/h8-12,14H,4-7H2,1-3H3. The molecule has 0 amide bonds. The smallest absolute Gasteiger partial charge is 0.0950 e. The maximum Gasteiger partial charge on any atom is 0.0950 e. The molecule has 1 aliphatic rings. The molecule has 1 N–H and O–H groups in total. The summed E-state index contributed by atoms with van der Waals surface area (Å²) in [6.07, 6.45) is 6.51. The van der Waals surface area contributed by atoms with Crippen molar-refractivity contribution in [2.75, 3.05) is 13.1 Å². The van der Waals surface area contributed by atoms with Crippen molar-refractivity contribution in [1.29, 1.82) is 0 Å². The van der Waals surface area contributed by atoms with Gasteiger partial charge in [-0.25, -0.2) is 4.98 Å². The van der Waals surface area contributed by atoms with Crippen LogP contribution in [0.2, 0.25) is 0 Å². The van der Waals surface area contributed by atoms with Crippen LogP contribution in [0.25, 0.3) is 0 Å². The van der Waals surface area contributed by atoms with E-state index in [9.17, 15) is 0 Å². The van der Waals surface area contributed by atoms with Gasteiger partial charge in [-0.05, 0) is 25.3 Å². The van der Waals surface area contributed by atoms with Gasteiger partial charge in [-0.2, -0.15) is 0 Å². The van der Waals surface area contributed by atoms with Gasteiger partial charge in [0.15, 0.2) is 0 Å². The minimum Gasteiger partial charge on any atom is -0.331 e. The van der Waals surface area contributed by atoms with Gasteiger partial charge in [0, 0.05) is 30.4 Å². The van der Waals surface area contributed by atoms with Gasteiger partial charge >= 0.3 is 0 Å². The third-order valence-electron chi connectivity index (χ3n) is 3.72. The van der Waals surface area contributed by atoms with Gasteiger partial charge in [0.1, 0.15) is 0 Å². The second-order valence-electron chi connectivity index (χ2n) is 5.14. The van der Waals surface area contributed by atoms with Gasteiger partial charge in [0.05, 0.1) is 6.33 Å². The van der Waals surface area contributed by atoms with Crippen molar-refractivity contribution in [3.63, 3.8) is 0 Å². The number of aromatic nitrogens is 2. The molecule has 1 aromatic rings. The Kier molecular flexibility index (Phi) is 3.64. The quantitative estimate of drug-likeness (QED) is 0.847. The third-order valence-corrected chi connectivity index (χ3v) is 3.72. The van der Waals surface area contributed by atoms with Gasteiger partial charge in [0.25, 0.3) is 0 Å². The number of rotatable bonds is 4. The number of hydrogen-bond donors (Lipinski definition) is 1. The average Bonchev–Trinajstić information content (AvgIpc) is 2.86. The van der Waals surface area contributed by atoms with Crippen LogP contribution >= 0.6 is 0 Å². The Morgan fingerprint density at radius 3 is 2.94 bits per heavy atom. The minimum absolute atomic E-state index is 0.595. The van der Waals surface area contributed by atoms with Crippen molar-refractivity contribution in [2.45, 2.75) is 45.6 Å². The molecule has 2 rings (SSSR count). The van der Waals surface area contributed by atoms with Gasteiger partial charge in [-0.15, -0.1) is 0 Å². The van der Waals surface area contributed by atoms with Crippen molar-refractivity contribution >= 4 is 0 Å². The third kappa shape index (κ3) is 2.14. The molecule has 0 aromatic carbocycles. The van der Waals surface area contributed by atoms with Crippen LogP contribution in [0.4, 0.5) is 0 Å². The van der Waals surface area contributed by atoms with E-state index in [1.807, 2.05) is 6.33 Å². The predicted molar refractivity (Wildman–Crippen MR) is 66.6 cm³/mol. The topological polar surface area (TPSA) is 29.9 Å². The summed E-state index contributed by atoms with van der Waals surface area (Å²) >= 11 is 0. The van der Waals surface area contributed by atoms with E-state index in [-0.39, 0.29) is 0 Å². The van der Waals surface area contributed by atoms with E-state index in [2.05, 4.69) is 41.8 Å². The Morgan fingerprint density at radius 1 is 1.56 bits per heavy atom. The summed E-state index contributed by atoms with van der Waals surface area (Å²) in [4.78, 5) is 4.35. The van der Waals surface area contributed by atoms with E-state index in [4.69, 9.17) is 0 Å². The molecule has 1 fully saturated rings. The molecule has 3 nitrogen and oxygen atoms in total. The van der Waals surface area contributed by atoms with Gasteiger partial charge in [-0.3, -0.25) is 0 Å². The molecule has 1 aliphatic heterocycles. The zero-order valence-electron chi connectivity index (χ0n) is 10.6. The fourth-order valence-electron chi connectivity index (χ4n) is 2.80. The molecule has 1 aromatic heterocycles. The first-order valence-electron chi connectivity index (χ1n) is 6.46. The summed E-state index contributed by atoms with van der Waals surface area (Å²) in [5, 5.41) is 3.43. The Labute approximate surface area is 98.3 Å². The highest BCUT2D eigenvalue weighted by molar-refractivity contribution is 5.10. The van der Waals surface area contributed by atoms with E-state index in [0.29, 0.717) is 17.9 Å². The SMILES string of the molecule is CCC(C(C)C)n1cncc1C1CCNC1. The van der Waals surface area contributed by atoms with E-state index < -0.39 is 0 Å². The highest BCUT2D eigenvalue weighted by atomic mass is 15.1. The van der Waals surface area contributed by atoms with Crippen LogP contribution in [0.5, 0.6) is 0 Å². The van der Waals surface area contributed by atoms with Crippen LogP contribution in [0.1, 0.15) is 51.3 Å². The van der Waals surface area contributed by atoms with Crippen LogP contribution in [0, 0.1) is 5.92 Å². The zero-order chi connectivity index (χ0) is 11.5. The lowest BCUT2D eigenvalue weighted by atomic mass is 9.99. The van der Waals surface area contributed by atoms with Crippen molar-refractivity contribution in [1.82, 2.24) is 14.9 Å². The Balaban J connectivity index is 2.23. The summed E-state index contributed by atoms with van der Waals surface area (Å²) in [5.41, 5.74) is 1.42. The summed E-state index contributed by atoms with van der Waals surface area (Å²) in [6.45, 7) is 9.12. The molecule has 1 saturated heterocycles. The predicted octanol–water partition coefficient (Wildman–Crippen LogP) is 2.57. The number of imidazole rings is 1. The Bertz CT molecular complexity index is 324. The number of nitrogens with zero attached hydrogens (tertiary/aromatic N) is 2. The van der Waals surface area contributed by atoms with Crippen molar-refractivity contribution < 1.29 is 0 Å². The second-order valence-corrected chi connectivity index (χ2v) is 5.14. The first-order chi connectivity index (χ1) is 7.74. The molecular formula is C13H23N3. The maximum atomic E-state index is 4.35. The van der Waals surface area contributed by atoms with Gasteiger partial charge in [-0.1, -0.05) is 20.8 Å². The average molecular weight is 221 g/mol. The maximum absolute atomic E-state index is 4.35. The monoisotopic (exact) mass is 221 g/mol. The number of hydrogen-bond acceptors (Lipinski definition) is 2. The van der Waals surface area contributed by atoms with Crippen LogP contribution in [-0.4, -0.2) is 22.6 Å². The molecule has 2 heterocycles. The molecular weight excluding hydrogens is 198 g/mol. The lowest BCUT2D eigenvalue weighted by molar-refractivity contribution is 0.352. The first kappa shape index (κ1) is 11.6. The Hall–Kier alpha value is -0.830. The molecule has 3 heteroatoms. The molecule has 0 spiro atoms. The Morgan fingerprint density at radius 2 is 2.38 bits per heavy atom. The van der Waals surface area contributed by atoms with E-state index in [0.717, 1.165) is 13.1 Å². The molecule has 2 atom stereocenters. The number of nitrogens with one attached hydrogen (secondary N) is 1. The first-order valence-corrected chi connectivity index (χ1v) is 6.46. The van der Waals surface area contributed by atoms with E-state index in [1.54, 1.807) is 0 Å². The summed E-state index contributed by atoms with van der Waals surface area (Å²) < 4.78 is 2.41. The van der Waals surface area contributed by atoms with Crippen LogP contribution < -0.4 is 5.32 Å². The van der Waals surface area contributed by atoms with Gasteiger partial charge < -0.3 is 9.88 Å². The van der Waals surface area contributed by atoms with Crippen molar-refractivity contribution in [3.8, 4) is 0 Å². The molecule has 0 saturated carbocycles. The van der Waals surface area contributed by atoms with Crippen LogP contribution in [0.15, 0.2) is 12.5 Å². The van der Waals surface area contributed by atoms with E-state index in [1.165, 1.54) is 18.5 Å². The molecule has 0 radical (unpaired) electrons. The van der Waals surface area contributed by atoms with Crippen molar-refractivity contribution in [3.05, 3.63) is 18.2 Å². The molecule has 0 bridgehead atoms. The molecule has 90 valence electrons. The van der Waals surface area contributed by atoms with E-state index >= 15 is 0 Å². The van der Waals surface area contributed by atoms with Crippen LogP contribution in [0.3, 0.4) is 0 Å². The minimum atomic E-state index is 0.595. The summed E-state index contributed by atoms with van der Waals surface area (Å²) in [7, 11) is 0. The highest BCUT2D eigenvalue weighted by Crippen LogP contribution is 2.29. The highest BCUT2D eigenvalue weighted by Gasteiger charge is 2.23. The molecule has 16 heavy (non-hydrogen) atoms. The van der Waals surface area contributed by atoms with Crippen LogP contribution in [-0.2, 0) is 0 Å². The zero-order valence-corrected chi connectivity index (χ0v) is 10.6. The lowest BCUT2D eigenvalue weighted by Gasteiger charge is -2.24. The lowest BCUT2D eigenvalue weighted by Crippen LogP contribution is -2.18. The largest absolute Gasteiger partial charge is 0.331 e. The second kappa shape index (κ2) is 5.00. The molecule has 0 aliphatic carbocycles. The van der Waals surface area contributed by atoms with Gasteiger partial charge in [0.2, 0.25) is 0 Å². The normalized spacial score (nSPS) is 22.9. The van der Waals surface area contributed by atoms with Crippen molar-refractivity contribution in [2.24, 2.45) is 5.92 Å². The summed E-state index contributed by atoms with van der Waals surface area (Å²) in [6, 6.07) is 0.595. The summed E-state index contributed by atoms with van der Waals surface area (Å²) in [5.74, 6) is 1.34. The fraction of sp³-hybridized carbons (Fsp3) is 0.769.